The van der Waals surface area contributed by atoms with E-state index in [1.54, 1.807) is 6.07 Å². The molecule has 9 aromatic rings. The average Bonchev–Trinajstić information content (AvgIpc) is 3.51. The van der Waals surface area contributed by atoms with Crippen LogP contribution >= 0.6 is 0 Å². The van der Waals surface area contributed by atoms with Gasteiger partial charge in [0, 0.05) is 16.2 Å². The van der Waals surface area contributed by atoms with Crippen molar-refractivity contribution in [3.63, 3.8) is 0 Å². The van der Waals surface area contributed by atoms with E-state index < -0.39 is 0 Å². The first-order valence-corrected chi connectivity index (χ1v) is 14.4. The number of hydrogen-bond acceptors (Lipinski definition) is 1. The zero-order valence-corrected chi connectivity index (χ0v) is 23.1. The van der Waals surface area contributed by atoms with Crippen LogP contribution in [0.3, 0.4) is 0 Å². The van der Waals surface area contributed by atoms with Crippen molar-refractivity contribution in [2.75, 3.05) is 0 Å². The molecule has 0 spiro atoms. The van der Waals surface area contributed by atoms with Crippen LogP contribution in [-0.4, -0.2) is 0 Å². The van der Waals surface area contributed by atoms with Gasteiger partial charge in [-0.05, 0) is 72.4 Å². The maximum Gasteiger partial charge on any atom is 0.143 e. The summed E-state index contributed by atoms with van der Waals surface area (Å²) in [7, 11) is 0. The molecule has 1 heteroatoms. The summed E-state index contributed by atoms with van der Waals surface area (Å²) in [5, 5.41) is 7.14. The van der Waals surface area contributed by atoms with E-state index in [1.165, 1.54) is 16.7 Å². The van der Waals surface area contributed by atoms with Crippen molar-refractivity contribution in [2.45, 2.75) is 0 Å². The van der Waals surface area contributed by atoms with Crippen LogP contribution < -0.4 is 0 Å². The summed E-state index contributed by atoms with van der Waals surface area (Å²) in [6.45, 7) is 0. The SMILES string of the molecule is [2H]c1c([2H])c([2H])c2c(ccc3c2oc2cccc(-c4c5ccccc5c(-c5ccc(-c6ccccc6)cc5)c5ccccc45)c23)c1[2H]. The largest absolute Gasteiger partial charge is 0.455 e. The van der Waals surface area contributed by atoms with E-state index >= 15 is 0 Å². The smallest absolute Gasteiger partial charge is 0.143 e. The lowest BCUT2D eigenvalue weighted by molar-refractivity contribution is 0.673. The van der Waals surface area contributed by atoms with Gasteiger partial charge in [0.25, 0.3) is 0 Å². The van der Waals surface area contributed by atoms with Crippen LogP contribution in [0.4, 0.5) is 0 Å². The Morgan fingerprint density at radius 3 is 1.74 bits per heavy atom. The van der Waals surface area contributed by atoms with Crippen LogP contribution in [0.5, 0.6) is 0 Å². The van der Waals surface area contributed by atoms with E-state index in [2.05, 4.69) is 103 Å². The van der Waals surface area contributed by atoms with Gasteiger partial charge in [-0.2, -0.15) is 0 Å². The van der Waals surface area contributed by atoms with E-state index in [0.29, 0.717) is 21.9 Å². The van der Waals surface area contributed by atoms with Gasteiger partial charge in [0.1, 0.15) is 11.2 Å². The van der Waals surface area contributed by atoms with E-state index in [-0.39, 0.29) is 24.2 Å². The maximum absolute atomic E-state index is 8.73. The van der Waals surface area contributed by atoms with E-state index in [0.717, 1.165) is 49.0 Å². The molecule has 8 aromatic carbocycles. The Kier molecular flexibility index (Phi) is 4.45. The number of benzene rings is 8. The highest BCUT2D eigenvalue weighted by Gasteiger charge is 2.20. The van der Waals surface area contributed by atoms with Crippen LogP contribution in [0.1, 0.15) is 5.48 Å². The van der Waals surface area contributed by atoms with E-state index in [1.807, 2.05) is 24.3 Å². The summed E-state index contributed by atoms with van der Waals surface area (Å²) in [6, 6.07) is 45.5. The third kappa shape index (κ3) is 3.65. The quantitative estimate of drug-likeness (QED) is 0.199. The first kappa shape index (κ1) is 20.3. The van der Waals surface area contributed by atoms with Gasteiger partial charge >= 0.3 is 0 Å². The molecule has 1 heterocycles. The van der Waals surface area contributed by atoms with Crippen LogP contribution in [0.2, 0.25) is 0 Å². The molecule has 0 aliphatic heterocycles. The van der Waals surface area contributed by atoms with Crippen LogP contribution in [0.15, 0.2) is 162 Å². The van der Waals surface area contributed by atoms with Crippen molar-refractivity contribution in [3.05, 3.63) is 158 Å². The van der Waals surface area contributed by atoms with Gasteiger partial charge in [0.05, 0.1) is 5.48 Å². The van der Waals surface area contributed by atoms with Gasteiger partial charge in [-0.1, -0.05) is 145 Å². The lowest BCUT2D eigenvalue weighted by Gasteiger charge is -2.18. The summed E-state index contributed by atoms with van der Waals surface area (Å²) >= 11 is 0. The van der Waals surface area contributed by atoms with Crippen molar-refractivity contribution in [3.8, 4) is 33.4 Å². The first-order chi connectivity index (χ1) is 23.0. The summed E-state index contributed by atoms with van der Waals surface area (Å²) in [6.07, 6.45) is 0. The van der Waals surface area contributed by atoms with Gasteiger partial charge in [0.2, 0.25) is 0 Å². The van der Waals surface area contributed by atoms with E-state index in [4.69, 9.17) is 9.90 Å². The van der Waals surface area contributed by atoms with E-state index in [9.17, 15) is 0 Å². The predicted octanol–water partition coefficient (Wildman–Crippen LogP) is 12.0. The molecule has 0 atom stereocenters. The second-order valence-electron chi connectivity index (χ2n) is 10.9. The Morgan fingerprint density at radius 2 is 1.02 bits per heavy atom. The number of fused-ring (bicyclic) bond motifs is 7. The van der Waals surface area contributed by atoms with Crippen molar-refractivity contribution < 1.29 is 9.90 Å². The van der Waals surface area contributed by atoms with Crippen molar-refractivity contribution in [1.29, 1.82) is 0 Å². The average molecular weight is 551 g/mol. The number of furan rings is 1. The Labute approximate surface area is 254 Å². The van der Waals surface area contributed by atoms with Crippen LogP contribution in [-0.2, 0) is 0 Å². The molecule has 43 heavy (non-hydrogen) atoms. The molecule has 0 fully saturated rings. The Hall–Kier alpha value is -5.66. The minimum atomic E-state index is -0.264. The fraction of sp³-hybridized carbons (Fsp3) is 0. The van der Waals surface area contributed by atoms with Gasteiger partial charge in [-0.25, -0.2) is 0 Å². The standard InChI is InChI=1S/C42H26O/c1-2-11-27(12-3-1)28-21-23-30(24-22-28)39-32-15-6-8-17-34(32)40(35-18-9-7-16-33(35)39)36-19-10-20-38-41(36)37-26-25-29-13-4-5-14-31(29)42(37)43-38/h1-26H/i4D,5D,13D,14D. The lowest BCUT2D eigenvalue weighted by atomic mass is 9.84. The highest BCUT2D eigenvalue weighted by atomic mass is 16.3. The summed E-state index contributed by atoms with van der Waals surface area (Å²) in [5.41, 5.74) is 7.96. The third-order valence-corrected chi connectivity index (χ3v) is 8.59. The van der Waals surface area contributed by atoms with Crippen molar-refractivity contribution in [2.24, 2.45) is 0 Å². The van der Waals surface area contributed by atoms with Gasteiger partial charge in [-0.3, -0.25) is 0 Å². The number of hydrogen-bond donors (Lipinski definition) is 0. The molecule has 0 N–H and O–H groups in total. The zero-order valence-electron chi connectivity index (χ0n) is 27.1. The lowest BCUT2D eigenvalue weighted by Crippen LogP contribution is -1.91. The molecular formula is C42H26O. The fourth-order valence-electron chi connectivity index (χ4n) is 6.71. The molecule has 0 unspecified atom stereocenters. The van der Waals surface area contributed by atoms with Gasteiger partial charge in [0.15, 0.2) is 0 Å². The van der Waals surface area contributed by atoms with Gasteiger partial charge < -0.3 is 4.42 Å². The molecule has 0 aliphatic carbocycles. The van der Waals surface area contributed by atoms with Crippen molar-refractivity contribution >= 4 is 54.3 Å². The Bertz CT molecular complexity index is 2650. The monoisotopic (exact) mass is 550 g/mol. The molecule has 0 saturated heterocycles. The maximum atomic E-state index is 8.73. The molecule has 1 nitrogen and oxygen atoms in total. The van der Waals surface area contributed by atoms with Crippen LogP contribution in [0, 0.1) is 0 Å². The third-order valence-electron chi connectivity index (χ3n) is 8.59. The molecule has 1 aromatic heterocycles. The molecule has 0 radical (unpaired) electrons. The highest BCUT2D eigenvalue weighted by Crippen LogP contribution is 2.47. The molecule has 0 amide bonds. The summed E-state index contributed by atoms with van der Waals surface area (Å²) in [4.78, 5) is 0. The molecular weight excluding hydrogens is 520 g/mol. The summed E-state index contributed by atoms with van der Waals surface area (Å²) in [5.74, 6) is 0. The minimum absolute atomic E-state index is 0.0621. The second kappa shape index (κ2) is 9.44. The normalized spacial score (nSPS) is 13.0. The molecule has 0 bridgehead atoms. The predicted molar refractivity (Wildman–Crippen MR) is 183 cm³/mol. The Morgan fingerprint density at radius 1 is 0.419 bits per heavy atom. The van der Waals surface area contributed by atoms with Crippen LogP contribution in [0.25, 0.3) is 87.6 Å². The molecule has 0 saturated carbocycles. The molecule has 9 rings (SSSR count). The summed E-state index contributed by atoms with van der Waals surface area (Å²) < 4.78 is 40.2. The van der Waals surface area contributed by atoms with Crippen molar-refractivity contribution in [1.82, 2.24) is 0 Å². The highest BCUT2D eigenvalue weighted by molar-refractivity contribution is 6.27. The minimum Gasteiger partial charge on any atom is -0.455 e. The van der Waals surface area contributed by atoms with Gasteiger partial charge in [-0.15, -0.1) is 0 Å². The molecule has 200 valence electrons. The molecule has 0 aliphatic rings. The Balaban J connectivity index is 1.36. The first-order valence-electron chi connectivity index (χ1n) is 16.4. The zero-order chi connectivity index (χ0) is 31.8. The number of rotatable bonds is 3. The second-order valence-corrected chi connectivity index (χ2v) is 10.9. The topological polar surface area (TPSA) is 13.1 Å². The fourth-order valence-corrected chi connectivity index (χ4v) is 6.71.